The van der Waals surface area contributed by atoms with E-state index in [1.54, 1.807) is 21.0 Å². The fourth-order valence-corrected chi connectivity index (χ4v) is 2.80. The zero-order valence-corrected chi connectivity index (χ0v) is 14.0. The van der Waals surface area contributed by atoms with Crippen LogP contribution in [0.3, 0.4) is 0 Å². The van der Waals surface area contributed by atoms with E-state index >= 15 is 0 Å². The first kappa shape index (κ1) is 16.3. The molecular weight excluding hydrogens is 286 g/mol. The van der Waals surface area contributed by atoms with Crippen LogP contribution >= 0.6 is 0 Å². The summed E-state index contributed by atoms with van der Waals surface area (Å²) in [7, 11) is -1.36. The highest BCUT2D eigenvalue weighted by Crippen LogP contribution is 2.37. The van der Waals surface area contributed by atoms with Gasteiger partial charge in [0, 0.05) is 18.8 Å². The normalized spacial score (nSPS) is 22.7. The molecule has 0 heterocycles. The van der Waals surface area contributed by atoms with E-state index < -0.39 is 14.6 Å². The molecule has 0 bridgehead atoms. The summed E-state index contributed by atoms with van der Waals surface area (Å²) in [6.45, 7) is 4.05. The lowest BCUT2D eigenvalue weighted by atomic mass is 9.76. The molecule has 1 fully saturated rings. The second kappa shape index (κ2) is 5.97. The van der Waals surface area contributed by atoms with Crippen molar-refractivity contribution in [1.29, 1.82) is 0 Å². The van der Waals surface area contributed by atoms with Crippen LogP contribution in [0.4, 0.5) is 0 Å². The molecule has 1 aromatic carbocycles. The minimum absolute atomic E-state index is 0.415. The molecule has 1 aliphatic rings. The van der Waals surface area contributed by atoms with Crippen LogP contribution in [-0.4, -0.2) is 39.1 Å². The molecule has 1 aliphatic carbocycles. The lowest BCUT2D eigenvalue weighted by molar-refractivity contribution is 0.284. The number of benzene rings is 1. The number of hydrogen-bond acceptors (Lipinski definition) is 4. The standard InChI is InChI=1S/C16H25NO3S/c1-16(2,21(4,18)19)11-17-14-9-13(10-14)12-5-7-15(20-3)8-6-12/h5-8,13-14,17H,9-11H2,1-4H3. The summed E-state index contributed by atoms with van der Waals surface area (Å²) in [6.07, 6.45) is 3.42. The first-order valence-electron chi connectivity index (χ1n) is 7.30. The number of hydrogen-bond donors (Lipinski definition) is 1. The number of sulfone groups is 1. The predicted octanol–water partition coefficient (Wildman–Crippen LogP) is 2.35. The van der Waals surface area contributed by atoms with Gasteiger partial charge in [-0.25, -0.2) is 8.42 Å². The molecule has 0 spiro atoms. The monoisotopic (exact) mass is 311 g/mol. The summed E-state index contributed by atoms with van der Waals surface area (Å²) in [5.74, 6) is 1.44. The molecule has 5 heteroatoms. The van der Waals surface area contributed by atoms with Crippen molar-refractivity contribution in [3.05, 3.63) is 29.8 Å². The van der Waals surface area contributed by atoms with Gasteiger partial charge in [-0.15, -0.1) is 0 Å². The molecule has 0 radical (unpaired) electrons. The van der Waals surface area contributed by atoms with Gasteiger partial charge in [0.2, 0.25) is 0 Å². The van der Waals surface area contributed by atoms with Gasteiger partial charge in [0.1, 0.15) is 5.75 Å². The van der Waals surface area contributed by atoms with E-state index in [9.17, 15) is 8.42 Å². The zero-order chi connectivity index (χ0) is 15.7. The largest absolute Gasteiger partial charge is 0.497 e. The van der Waals surface area contributed by atoms with Crippen LogP contribution < -0.4 is 10.1 Å². The number of nitrogens with one attached hydrogen (secondary N) is 1. The molecule has 2 rings (SSSR count). The van der Waals surface area contributed by atoms with Gasteiger partial charge in [-0.2, -0.15) is 0 Å². The Morgan fingerprint density at radius 1 is 1.24 bits per heavy atom. The van der Waals surface area contributed by atoms with Crippen LogP contribution in [0.2, 0.25) is 0 Å². The zero-order valence-electron chi connectivity index (χ0n) is 13.2. The fraction of sp³-hybridized carbons (Fsp3) is 0.625. The van der Waals surface area contributed by atoms with Crippen LogP contribution in [0.15, 0.2) is 24.3 Å². The van der Waals surface area contributed by atoms with Crippen molar-refractivity contribution in [2.45, 2.75) is 43.4 Å². The molecule has 1 saturated carbocycles. The predicted molar refractivity (Wildman–Crippen MR) is 85.7 cm³/mol. The molecule has 0 saturated heterocycles. The smallest absolute Gasteiger partial charge is 0.153 e. The Balaban J connectivity index is 1.81. The van der Waals surface area contributed by atoms with E-state index in [-0.39, 0.29) is 0 Å². The van der Waals surface area contributed by atoms with Crippen LogP contribution in [0.1, 0.15) is 38.2 Å². The quantitative estimate of drug-likeness (QED) is 0.876. The maximum atomic E-state index is 11.7. The second-order valence-electron chi connectivity index (χ2n) is 6.55. The maximum Gasteiger partial charge on any atom is 0.153 e. The van der Waals surface area contributed by atoms with Crippen molar-refractivity contribution < 1.29 is 13.2 Å². The van der Waals surface area contributed by atoms with Gasteiger partial charge < -0.3 is 10.1 Å². The van der Waals surface area contributed by atoms with Gasteiger partial charge in [0.25, 0.3) is 0 Å². The minimum atomic E-state index is -3.03. The van der Waals surface area contributed by atoms with Crippen LogP contribution in [0.25, 0.3) is 0 Å². The van der Waals surface area contributed by atoms with Gasteiger partial charge in [0.15, 0.2) is 9.84 Å². The average Bonchev–Trinajstić information content (AvgIpc) is 2.36. The van der Waals surface area contributed by atoms with E-state index in [2.05, 4.69) is 17.4 Å². The SMILES string of the molecule is COc1ccc(C2CC(NCC(C)(C)S(C)(=O)=O)C2)cc1. The Labute approximate surface area is 127 Å². The third-order valence-corrected chi connectivity index (χ3v) is 6.70. The van der Waals surface area contributed by atoms with Gasteiger partial charge in [-0.1, -0.05) is 12.1 Å². The fourth-order valence-electron chi connectivity index (χ4n) is 2.45. The van der Waals surface area contributed by atoms with E-state index in [0.717, 1.165) is 18.6 Å². The summed E-state index contributed by atoms with van der Waals surface area (Å²) in [6, 6.07) is 8.62. The Hall–Kier alpha value is -1.07. The molecule has 4 nitrogen and oxygen atoms in total. The maximum absolute atomic E-state index is 11.7. The Kier molecular flexibility index (Phi) is 4.63. The summed E-state index contributed by atoms with van der Waals surface area (Å²) in [4.78, 5) is 0. The highest BCUT2D eigenvalue weighted by Gasteiger charge is 2.34. The molecule has 0 aliphatic heterocycles. The molecule has 1 N–H and O–H groups in total. The van der Waals surface area contributed by atoms with Crippen molar-refractivity contribution in [2.75, 3.05) is 19.9 Å². The van der Waals surface area contributed by atoms with Gasteiger partial charge in [-0.3, -0.25) is 0 Å². The van der Waals surface area contributed by atoms with E-state index in [0.29, 0.717) is 18.5 Å². The lowest BCUT2D eigenvalue weighted by Gasteiger charge is -2.38. The van der Waals surface area contributed by atoms with Crippen LogP contribution in [0, 0.1) is 0 Å². The molecular formula is C16H25NO3S. The first-order valence-corrected chi connectivity index (χ1v) is 9.19. The molecule has 0 aromatic heterocycles. The van der Waals surface area contributed by atoms with Crippen molar-refractivity contribution in [2.24, 2.45) is 0 Å². The number of rotatable bonds is 6. The summed E-state index contributed by atoms with van der Waals surface area (Å²) >= 11 is 0. The van der Waals surface area contributed by atoms with Gasteiger partial charge in [-0.05, 0) is 50.3 Å². The molecule has 0 unspecified atom stereocenters. The molecule has 118 valence electrons. The van der Waals surface area contributed by atoms with E-state index in [4.69, 9.17) is 4.74 Å². The van der Waals surface area contributed by atoms with Gasteiger partial charge >= 0.3 is 0 Å². The van der Waals surface area contributed by atoms with Crippen molar-refractivity contribution in [3.8, 4) is 5.75 Å². The van der Waals surface area contributed by atoms with Crippen molar-refractivity contribution >= 4 is 9.84 Å². The summed E-state index contributed by atoms with van der Waals surface area (Å²) in [5, 5.41) is 3.38. The third-order valence-electron chi connectivity index (χ3n) is 4.55. The van der Waals surface area contributed by atoms with Crippen LogP contribution in [0.5, 0.6) is 5.75 Å². The minimum Gasteiger partial charge on any atom is -0.497 e. The molecule has 0 amide bonds. The second-order valence-corrected chi connectivity index (χ2v) is 9.20. The molecule has 21 heavy (non-hydrogen) atoms. The lowest BCUT2D eigenvalue weighted by Crippen LogP contribution is -2.49. The topological polar surface area (TPSA) is 55.4 Å². The van der Waals surface area contributed by atoms with Crippen molar-refractivity contribution in [3.63, 3.8) is 0 Å². The summed E-state index contributed by atoms with van der Waals surface area (Å²) in [5.41, 5.74) is 1.33. The third kappa shape index (κ3) is 3.77. The average molecular weight is 311 g/mol. The molecule has 0 atom stereocenters. The number of methoxy groups -OCH3 is 1. The van der Waals surface area contributed by atoms with E-state index in [1.807, 2.05) is 12.1 Å². The Bertz CT molecular complexity index is 572. The highest BCUT2D eigenvalue weighted by atomic mass is 32.2. The van der Waals surface area contributed by atoms with Gasteiger partial charge in [0.05, 0.1) is 11.9 Å². The van der Waals surface area contributed by atoms with E-state index in [1.165, 1.54) is 11.8 Å². The number of ether oxygens (including phenoxy) is 1. The van der Waals surface area contributed by atoms with Crippen molar-refractivity contribution in [1.82, 2.24) is 5.32 Å². The first-order chi connectivity index (χ1) is 9.73. The Morgan fingerprint density at radius 2 is 1.81 bits per heavy atom. The highest BCUT2D eigenvalue weighted by molar-refractivity contribution is 7.92. The van der Waals surface area contributed by atoms with Crippen LogP contribution in [-0.2, 0) is 9.84 Å². The Morgan fingerprint density at radius 3 is 2.29 bits per heavy atom. The molecule has 1 aromatic rings. The summed E-state index contributed by atoms with van der Waals surface area (Å²) < 4.78 is 27.8.